The first-order valence-electron chi connectivity index (χ1n) is 5.96. The molecule has 1 aliphatic carbocycles. The molecule has 2 rings (SSSR count). The van der Waals surface area contributed by atoms with E-state index in [0.29, 0.717) is 0 Å². The van der Waals surface area contributed by atoms with Gasteiger partial charge in [0, 0.05) is 24.4 Å². The third kappa shape index (κ3) is 1.78. The van der Waals surface area contributed by atoms with Crippen molar-refractivity contribution < 1.29 is 0 Å². The third-order valence-electron chi connectivity index (χ3n) is 3.82. The van der Waals surface area contributed by atoms with Crippen LogP contribution in [0, 0.1) is 0 Å². The molecule has 0 radical (unpaired) electrons. The molecule has 2 heteroatoms. The third-order valence-corrected chi connectivity index (χ3v) is 3.82. The molecule has 1 aromatic heterocycles. The van der Waals surface area contributed by atoms with Crippen LogP contribution in [0.5, 0.6) is 0 Å². The second kappa shape index (κ2) is 4.31. The molecule has 0 atom stereocenters. The number of nitrogens with two attached hydrogens (primary N) is 1. The number of aryl methyl sites for hydroxylation is 1. The summed E-state index contributed by atoms with van der Waals surface area (Å²) in [5, 5.41) is 0. The number of hydrogen-bond donors (Lipinski definition) is 1. The summed E-state index contributed by atoms with van der Waals surface area (Å²) in [5.41, 5.74) is 9.07. The van der Waals surface area contributed by atoms with Gasteiger partial charge < -0.3 is 5.73 Å². The van der Waals surface area contributed by atoms with Crippen molar-refractivity contribution in [1.82, 2.24) is 4.98 Å². The molecule has 15 heavy (non-hydrogen) atoms. The van der Waals surface area contributed by atoms with E-state index in [9.17, 15) is 0 Å². The molecule has 2 nitrogen and oxygen atoms in total. The van der Waals surface area contributed by atoms with E-state index in [1.165, 1.54) is 36.8 Å². The summed E-state index contributed by atoms with van der Waals surface area (Å²) in [6, 6.07) is 2.14. The van der Waals surface area contributed by atoms with Gasteiger partial charge in [0.2, 0.25) is 0 Å². The monoisotopic (exact) mass is 204 g/mol. The van der Waals surface area contributed by atoms with Crippen molar-refractivity contribution in [1.29, 1.82) is 0 Å². The molecule has 0 spiro atoms. The average Bonchev–Trinajstić information content (AvgIpc) is 2.79. The van der Waals surface area contributed by atoms with Gasteiger partial charge in [-0.2, -0.15) is 0 Å². The molecule has 1 saturated carbocycles. The van der Waals surface area contributed by atoms with E-state index in [-0.39, 0.29) is 5.41 Å². The zero-order valence-electron chi connectivity index (χ0n) is 9.50. The normalized spacial score (nSPS) is 19.3. The molecule has 1 heterocycles. The molecule has 0 amide bonds. The predicted molar refractivity (Wildman–Crippen MR) is 62.8 cm³/mol. The Morgan fingerprint density at radius 3 is 2.73 bits per heavy atom. The maximum atomic E-state index is 6.00. The van der Waals surface area contributed by atoms with Crippen molar-refractivity contribution in [2.75, 3.05) is 6.54 Å². The van der Waals surface area contributed by atoms with Crippen LogP contribution >= 0.6 is 0 Å². The highest BCUT2D eigenvalue weighted by Gasteiger charge is 2.35. The Morgan fingerprint density at radius 2 is 2.13 bits per heavy atom. The fraction of sp³-hybridized carbons (Fsp3) is 0.615. The lowest BCUT2D eigenvalue weighted by molar-refractivity contribution is 0.447. The Balaban J connectivity index is 2.41. The molecule has 0 bridgehead atoms. The van der Waals surface area contributed by atoms with Crippen LogP contribution in [0.4, 0.5) is 0 Å². The highest BCUT2D eigenvalue weighted by molar-refractivity contribution is 5.33. The minimum atomic E-state index is 0.236. The SMILES string of the molecule is CCc1ccncc1C1(CN)CCCC1. The first-order chi connectivity index (χ1) is 7.32. The van der Waals surface area contributed by atoms with Crippen molar-refractivity contribution >= 4 is 0 Å². The van der Waals surface area contributed by atoms with Gasteiger partial charge in [0.05, 0.1) is 0 Å². The molecule has 82 valence electrons. The summed E-state index contributed by atoms with van der Waals surface area (Å²) in [4.78, 5) is 4.28. The highest BCUT2D eigenvalue weighted by atomic mass is 14.7. The predicted octanol–water partition coefficient (Wildman–Crippen LogP) is 2.41. The van der Waals surface area contributed by atoms with Crippen LogP contribution in [-0.2, 0) is 11.8 Å². The number of aromatic nitrogens is 1. The summed E-state index contributed by atoms with van der Waals surface area (Å²) in [6.45, 7) is 2.98. The maximum Gasteiger partial charge on any atom is 0.0308 e. The topological polar surface area (TPSA) is 38.9 Å². The molecule has 1 aliphatic rings. The van der Waals surface area contributed by atoms with Crippen LogP contribution in [0.1, 0.15) is 43.7 Å². The van der Waals surface area contributed by atoms with E-state index in [0.717, 1.165) is 13.0 Å². The van der Waals surface area contributed by atoms with E-state index in [4.69, 9.17) is 5.73 Å². The summed E-state index contributed by atoms with van der Waals surface area (Å²) < 4.78 is 0. The van der Waals surface area contributed by atoms with Gasteiger partial charge in [-0.3, -0.25) is 4.98 Å². The lowest BCUT2D eigenvalue weighted by atomic mass is 9.77. The van der Waals surface area contributed by atoms with Crippen LogP contribution in [0.2, 0.25) is 0 Å². The van der Waals surface area contributed by atoms with Gasteiger partial charge in [0.1, 0.15) is 0 Å². The average molecular weight is 204 g/mol. The lowest BCUT2D eigenvalue weighted by Gasteiger charge is -2.29. The first-order valence-corrected chi connectivity index (χ1v) is 5.96. The van der Waals surface area contributed by atoms with Gasteiger partial charge in [-0.25, -0.2) is 0 Å². The molecular weight excluding hydrogens is 184 g/mol. The molecular formula is C13H20N2. The fourth-order valence-electron chi connectivity index (χ4n) is 2.84. The number of pyridine rings is 1. The van der Waals surface area contributed by atoms with Crippen LogP contribution in [0.25, 0.3) is 0 Å². The van der Waals surface area contributed by atoms with Crippen LogP contribution < -0.4 is 5.73 Å². The van der Waals surface area contributed by atoms with Crippen LogP contribution in [0.15, 0.2) is 18.5 Å². The Morgan fingerprint density at radius 1 is 1.40 bits per heavy atom. The summed E-state index contributed by atoms with van der Waals surface area (Å²) in [5.74, 6) is 0. The fourth-order valence-corrected chi connectivity index (χ4v) is 2.84. The van der Waals surface area contributed by atoms with Crippen LogP contribution in [-0.4, -0.2) is 11.5 Å². The standard InChI is InChI=1S/C13H20N2/c1-2-11-5-8-15-9-12(11)13(10-14)6-3-4-7-13/h5,8-9H,2-4,6-7,10,14H2,1H3. The quantitative estimate of drug-likeness (QED) is 0.821. The lowest BCUT2D eigenvalue weighted by Crippen LogP contribution is -2.33. The Bertz CT molecular complexity index is 327. The van der Waals surface area contributed by atoms with Crippen molar-refractivity contribution in [3.05, 3.63) is 29.6 Å². The Labute approximate surface area is 91.9 Å². The molecule has 1 aromatic rings. The van der Waals surface area contributed by atoms with E-state index in [1.54, 1.807) is 0 Å². The smallest absolute Gasteiger partial charge is 0.0308 e. The van der Waals surface area contributed by atoms with E-state index >= 15 is 0 Å². The van der Waals surface area contributed by atoms with Crippen molar-refractivity contribution in [3.8, 4) is 0 Å². The number of nitrogens with zero attached hydrogens (tertiary/aromatic N) is 1. The molecule has 1 fully saturated rings. The zero-order chi connectivity index (χ0) is 10.7. The molecule has 0 aromatic carbocycles. The van der Waals surface area contributed by atoms with E-state index < -0.39 is 0 Å². The number of rotatable bonds is 3. The Hall–Kier alpha value is -0.890. The molecule has 0 aliphatic heterocycles. The van der Waals surface area contributed by atoms with Crippen molar-refractivity contribution in [3.63, 3.8) is 0 Å². The summed E-state index contributed by atoms with van der Waals surface area (Å²) in [6.07, 6.45) is 10.1. The van der Waals surface area contributed by atoms with Gasteiger partial charge in [0.15, 0.2) is 0 Å². The zero-order valence-corrected chi connectivity index (χ0v) is 9.50. The second-order valence-corrected chi connectivity index (χ2v) is 4.58. The Kier molecular flexibility index (Phi) is 3.06. The van der Waals surface area contributed by atoms with Crippen molar-refractivity contribution in [2.24, 2.45) is 5.73 Å². The molecule has 0 unspecified atom stereocenters. The van der Waals surface area contributed by atoms with Gasteiger partial charge in [-0.1, -0.05) is 19.8 Å². The largest absolute Gasteiger partial charge is 0.330 e. The maximum absolute atomic E-state index is 6.00. The first kappa shape index (κ1) is 10.6. The van der Waals surface area contributed by atoms with Gasteiger partial charge >= 0.3 is 0 Å². The van der Waals surface area contributed by atoms with E-state index in [1.807, 2.05) is 12.4 Å². The summed E-state index contributed by atoms with van der Waals surface area (Å²) in [7, 11) is 0. The minimum absolute atomic E-state index is 0.236. The minimum Gasteiger partial charge on any atom is -0.330 e. The van der Waals surface area contributed by atoms with Crippen LogP contribution in [0.3, 0.4) is 0 Å². The van der Waals surface area contributed by atoms with Gasteiger partial charge in [0.25, 0.3) is 0 Å². The van der Waals surface area contributed by atoms with Gasteiger partial charge in [-0.15, -0.1) is 0 Å². The van der Waals surface area contributed by atoms with E-state index in [2.05, 4.69) is 18.0 Å². The van der Waals surface area contributed by atoms with Gasteiger partial charge in [-0.05, 0) is 36.5 Å². The highest BCUT2D eigenvalue weighted by Crippen LogP contribution is 2.41. The second-order valence-electron chi connectivity index (χ2n) is 4.58. The number of hydrogen-bond acceptors (Lipinski definition) is 2. The summed E-state index contributed by atoms with van der Waals surface area (Å²) >= 11 is 0. The van der Waals surface area contributed by atoms with Crippen molar-refractivity contribution in [2.45, 2.75) is 44.4 Å². The molecule has 0 saturated heterocycles. The molecule has 2 N–H and O–H groups in total.